The fourth-order valence-electron chi connectivity index (χ4n) is 10.6. The van der Waals surface area contributed by atoms with Crippen molar-refractivity contribution in [3.8, 4) is 62.1 Å². The highest BCUT2D eigenvalue weighted by Crippen LogP contribution is 2.58. The summed E-state index contributed by atoms with van der Waals surface area (Å²) in [5, 5.41) is 4.66. The van der Waals surface area contributed by atoms with E-state index < -0.39 is 0 Å². The maximum atomic E-state index is 6.47. The van der Waals surface area contributed by atoms with Crippen LogP contribution in [0.25, 0.3) is 106 Å². The average Bonchev–Trinajstić information content (AvgIpc) is 4.11. The normalized spacial score (nSPS) is 14.1. The number of benzene rings is 8. The van der Waals surface area contributed by atoms with Crippen molar-refractivity contribution in [1.82, 2.24) is 19.5 Å². The van der Waals surface area contributed by atoms with Gasteiger partial charge in [-0.2, -0.15) is 0 Å². The van der Waals surface area contributed by atoms with E-state index >= 15 is 0 Å². The van der Waals surface area contributed by atoms with Crippen LogP contribution in [-0.4, -0.2) is 19.5 Å². The lowest BCUT2D eigenvalue weighted by Gasteiger charge is -2.26. The molecule has 8 aromatic carbocycles. The number of hydrogen-bond donors (Lipinski definition) is 0. The summed E-state index contributed by atoms with van der Waals surface area (Å²) >= 11 is 0. The zero-order chi connectivity index (χ0) is 40.1. The van der Waals surface area contributed by atoms with E-state index in [1.165, 1.54) is 75.3 Å². The van der Waals surface area contributed by atoms with E-state index in [-0.39, 0.29) is 5.41 Å². The monoisotopic (exact) mass is 782 g/mol. The second-order valence-corrected chi connectivity index (χ2v) is 16.7. The molecule has 1 fully saturated rings. The Morgan fingerprint density at radius 3 is 1.89 bits per heavy atom. The molecule has 0 aliphatic heterocycles. The van der Waals surface area contributed by atoms with Crippen LogP contribution in [0.5, 0.6) is 0 Å². The second-order valence-electron chi connectivity index (χ2n) is 16.7. The minimum absolute atomic E-state index is 0.0782. The molecule has 0 radical (unpaired) electrons. The molecule has 3 aromatic heterocycles. The van der Waals surface area contributed by atoms with Gasteiger partial charge in [0.2, 0.25) is 0 Å². The van der Waals surface area contributed by atoms with Crippen LogP contribution in [0.4, 0.5) is 0 Å². The van der Waals surface area contributed by atoms with Gasteiger partial charge in [-0.3, -0.25) is 0 Å². The molecule has 5 heteroatoms. The summed E-state index contributed by atoms with van der Waals surface area (Å²) in [5.74, 6) is 1.83. The molecular weight excluding hydrogens is 745 g/mol. The number of nitrogens with zero attached hydrogens (tertiary/aromatic N) is 4. The molecule has 0 bridgehead atoms. The largest absolute Gasteiger partial charge is 0.456 e. The van der Waals surface area contributed by atoms with Crippen LogP contribution in [0.3, 0.4) is 0 Å². The lowest BCUT2D eigenvalue weighted by Crippen LogP contribution is -2.20. The summed E-state index contributed by atoms with van der Waals surface area (Å²) in [5.41, 5.74) is 16.0. The average molecular weight is 783 g/mol. The number of fused-ring (bicyclic) bond motifs is 11. The van der Waals surface area contributed by atoms with Crippen molar-refractivity contribution in [1.29, 1.82) is 0 Å². The van der Waals surface area contributed by atoms with E-state index in [2.05, 4.69) is 162 Å². The van der Waals surface area contributed by atoms with Gasteiger partial charge in [0.1, 0.15) is 11.2 Å². The van der Waals surface area contributed by atoms with Gasteiger partial charge in [0, 0.05) is 49.3 Å². The Morgan fingerprint density at radius 2 is 1.07 bits per heavy atom. The Bertz CT molecular complexity index is 3540. The molecule has 61 heavy (non-hydrogen) atoms. The third-order valence-corrected chi connectivity index (χ3v) is 13.4. The third-order valence-electron chi connectivity index (χ3n) is 13.4. The van der Waals surface area contributed by atoms with Gasteiger partial charge in [0.25, 0.3) is 0 Å². The molecule has 2 aliphatic rings. The van der Waals surface area contributed by atoms with Crippen molar-refractivity contribution < 1.29 is 4.42 Å². The summed E-state index contributed by atoms with van der Waals surface area (Å²) in [7, 11) is 0. The van der Waals surface area contributed by atoms with Crippen LogP contribution in [0.2, 0.25) is 0 Å². The highest BCUT2D eigenvalue weighted by atomic mass is 16.3. The lowest BCUT2D eigenvalue weighted by atomic mass is 9.76. The van der Waals surface area contributed by atoms with Crippen LogP contribution >= 0.6 is 0 Å². The Morgan fingerprint density at radius 1 is 0.393 bits per heavy atom. The molecule has 5 nitrogen and oxygen atoms in total. The van der Waals surface area contributed by atoms with Gasteiger partial charge in [0.15, 0.2) is 17.5 Å². The molecule has 1 saturated carbocycles. The molecule has 0 N–H and O–H groups in total. The van der Waals surface area contributed by atoms with E-state index in [1.54, 1.807) is 0 Å². The smallest absolute Gasteiger partial charge is 0.164 e. The molecule has 13 rings (SSSR count). The minimum Gasteiger partial charge on any atom is -0.456 e. The summed E-state index contributed by atoms with van der Waals surface area (Å²) < 4.78 is 8.91. The Hall–Kier alpha value is -7.63. The van der Waals surface area contributed by atoms with Gasteiger partial charge in [0.05, 0.1) is 11.0 Å². The van der Waals surface area contributed by atoms with Gasteiger partial charge in [-0.25, -0.2) is 15.0 Å². The number of rotatable bonds is 5. The summed E-state index contributed by atoms with van der Waals surface area (Å²) in [6, 6.07) is 65.0. The zero-order valence-electron chi connectivity index (χ0n) is 33.3. The Kier molecular flexibility index (Phi) is 7.41. The topological polar surface area (TPSA) is 56.7 Å². The Labute approximate surface area is 352 Å². The van der Waals surface area contributed by atoms with Gasteiger partial charge in [-0.15, -0.1) is 0 Å². The summed E-state index contributed by atoms with van der Waals surface area (Å²) in [6.07, 6.45) is 4.92. The highest BCUT2D eigenvalue weighted by molar-refractivity contribution is 6.12. The van der Waals surface area contributed by atoms with Gasteiger partial charge < -0.3 is 8.98 Å². The second kappa shape index (κ2) is 13.2. The fraction of sp³-hybridized carbons (Fsp3) is 0.0893. The number of aromatic nitrogens is 4. The van der Waals surface area contributed by atoms with Crippen molar-refractivity contribution in [3.63, 3.8) is 0 Å². The molecule has 2 aliphatic carbocycles. The van der Waals surface area contributed by atoms with Crippen LogP contribution in [-0.2, 0) is 5.41 Å². The molecular formula is C56H38N4O. The van der Waals surface area contributed by atoms with Crippen molar-refractivity contribution in [2.45, 2.75) is 31.1 Å². The maximum absolute atomic E-state index is 6.47. The molecule has 0 atom stereocenters. The number of hydrogen-bond acceptors (Lipinski definition) is 4. The summed E-state index contributed by atoms with van der Waals surface area (Å²) in [4.78, 5) is 15.4. The third kappa shape index (κ3) is 5.23. The lowest BCUT2D eigenvalue weighted by molar-refractivity contribution is 0.550. The first-order valence-electron chi connectivity index (χ1n) is 21.3. The molecule has 0 amide bonds. The highest BCUT2D eigenvalue weighted by Gasteiger charge is 2.45. The standard InChI is InChI=1S/C56H38N4O/c1-3-14-35(15-4-1)37-25-27-51-46(31-37)43-26-24-39(32-52(43)61-51)55-58-53(36-16-5-2-6-17-36)57-54(59-55)38-18-13-19-40(30-38)60-49-23-10-8-21-42(49)45-33-44-41-20-7-9-22-47(41)56(28-11-12-29-56)48(44)34-50(45)60/h1-10,13-27,30-34H,11-12,28-29H2. The Balaban J connectivity index is 0.964. The predicted molar refractivity (Wildman–Crippen MR) is 248 cm³/mol. The van der Waals surface area contributed by atoms with Crippen molar-refractivity contribution in [2.75, 3.05) is 0 Å². The number of para-hydroxylation sites is 1. The van der Waals surface area contributed by atoms with Gasteiger partial charge >= 0.3 is 0 Å². The van der Waals surface area contributed by atoms with Crippen LogP contribution in [0, 0.1) is 0 Å². The molecule has 3 heterocycles. The minimum atomic E-state index is 0.0782. The molecule has 11 aromatic rings. The van der Waals surface area contributed by atoms with Crippen molar-refractivity contribution >= 4 is 43.7 Å². The van der Waals surface area contributed by atoms with Crippen molar-refractivity contribution in [3.05, 3.63) is 193 Å². The summed E-state index contributed by atoms with van der Waals surface area (Å²) in [6.45, 7) is 0. The molecule has 0 unspecified atom stereocenters. The van der Waals surface area contributed by atoms with Gasteiger partial charge in [-0.05, 0) is 101 Å². The van der Waals surface area contributed by atoms with E-state index in [9.17, 15) is 0 Å². The van der Waals surface area contributed by atoms with Crippen LogP contribution in [0.15, 0.2) is 186 Å². The van der Waals surface area contributed by atoms with Crippen LogP contribution < -0.4 is 0 Å². The first-order valence-corrected chi connectivity index (χ1v) is 21.3. The van der Waals surface area contributed by atoms with E-state index in [0.29, 0.717) is 17.5 Å². The van der Waals surface area contributed by atoms with Crippen molar-refractivity contribution in [2.24, 2.45) is 0 Å². The predicted octanol–water partition coefficient (Wildman–Crippen LogP) is 14.4. The quantitative estimate of drug-likeness (QED) is 0.174. The first-order chi connectivity index (χ1) is 30.2. The first kappa shape index (κ1) is 34.3. The van der Waals surface area contributed by atoms with E-state index in [4.69, 9.17) is 19.4 Å². The maximum Gasteiger partial charge on any atom is 0.164 e. The van der Waals surface area contributed by atoms with Crippen LogP contribution in [0.1, 0.15) is 36.8 Å². The molecule has 288 valence electrons. The van der Waals surface area contributed by atoms with E-state index in [1.807, 2.05) is 24.3 Å². The van der Waals surface area contributed by atoms with Gasteiger partial charge in [-0.1, -0.05) is 140 Å². The number of furan rings is 1. The molecule has 0 saturated heterocycles. The zero-order valence-corrected chi connectivity index (χ0v) is 33.3. The van der Waals surface area contributed by atoms with E-state index in [0.717, 1.165) is 49.9 Å². The fourth-order valence-corrected chi connectivity index (χ4v) is 10.6. The SMILES string of the molecule is c1ccc(-c2ccc3oc4cc(-c5nc(-c6ccccc6)nc(-c6cccc(-n7c8ccccc8c8cc9c(cc87)C7(CCCC7)c7ccccc7-9)c6)n5)ccc4c3c2)cc1. The molecule has 1 spiro atoms.